The van der Waals surface area contributed by atoms with Crippen LogP contribution in [0.15, 0.2) is 30.3 Å². The number of benzene rings is 1. The van der Waals surface area contributed by atoms with Crippen LogP contribution in [0.1, 0.15) is 56.9 Å². The topological polar surface area (TPSA) is 0 Å². The van der Waals surface area contributed by atoms with Gasteiger partial charge < -0.3 is 0 Å². The minimum atomic E-state index is 0.585. The summed E-state index contributed by atoms with van der Waals surface area (Å²) in [6.45, 7) is 0. The molecule has 0 bridgehead atoms. The van der Waals surface area contributed by atoms with Gasteiger partial charge in [0.25, 0.3) is 0 Å². The molecule has 2 fully saturated rings. The summed E-state index contributed by atoms with van der Waals surface area (Å²) in [5.41, 5.74) is 2.22. The molecule has 0 radical (unpaired) electrons. The molecule has 2 saturated carbocycles. The van der Waals surface area contributed by atoms with Crippen LogP contribution < -0.4 is 0 Å². The van der Waals surface area contributed by atoms with Gasteiger partial charge in [-0.1, -0.05) is 56.0 Å². The molecule has 1 aromatic carbocycles. The minimum Gasteiger partial charge on any atom is -0.0622 e. The molecule has 0 aliphatic heterocycles. The summed E-state index contributed by atoms with van der Waals surface area (Å²) in [7, 11) is 0. The average molecular weight is 214 g/mol. The molecule has 0 heteroatoms. The summed E-state index contributed by atoms with van der Waals surface area (Å²) in [6, 6.07) is 11.3. The van der Waals surface area contributed by atoms with E-state index in [0.29, 0.717) is 5.41 Å². The van der Waals surface area contributed by atoms with Crippen molar-refractivity contribution in [3.05, 3.63) is 35.9 Å². The maximum Gasteiger partial charge on any atom is -0.00187 e. The Bertz CT molecular complexity index is 328. The van der Waals surface area contributed by atoms with Crippen molar-refractivity contribution in [1.29, 1.82) is 0 Å². The van der Waals surface area contributed by atoms with Gasteiger partial charge in [-0.15, -0.1) is 0 Å². The maximum absolute atomic E-state index is 2.37. The predicted octanol–water partition coefficient (Wildman–Crippen LogP) is 4.69. The highest BCUT2D eigenvalue weighted by molar-refractivity contribution is 5.29. The Hall–Kier alpha value is -0.780. The molecule has 0 N–H and O–H groups in total. The van der Waals surface area contributed by atoms with E-state index in [1.165, 1.54) is 51.4 Å². The summed E-state index contributed by atoms with van der Waals surface area (Å²) in [5.74, 6) is 0.984. The molecular weight excluding hydrogens is 192 g/mol. The van der Waals surface area contributed by atoms with Gasteiger partial charge in [0, 0.05) is 0 Å². The molecule has 0 aromatic heterocycles. The van der Waals surface area contributed by atoms with E-state index in [0.717, 1.165) is 5.92 Å². The zero-order chi connectivity index (χ0) is 10.8. The monoisotopic (exact) mass is 214 g/mol. The van der Waals surface area contributed by atoms with Gasteiger partial charge in [0.05, 0.1) is 0 Å². The highest BCUT2D eigenvalue weighted by Crippen LogP contribution is 2.53. The van der Waals surface area contributed by atoms with Crippen molar-refractivity contribution >= 4 is 0 Å². The van der Waals surface area contributed by atoms with Gasteiger partial charge >= 0.3 is 0 Å². The lowest BCUT2D eigenvalue weighted by molar-refractivity contribution is 0.110. The normalized spacial score (nSPS) is 25.0. The number of hydrogen-bond donors (Lipinski definition) is 0. The van der Waals surface area contributed by atoms with Gasteiger partial charge in [-0.2, -0.15) is 0 Å². The van der Waals surface area contributed by atoms with E-state index in [1.54, 1.807) is 5.56 Å². The Morgan fingerprint density at radius 1 is 0.812 bits per heavy atom. The molecule has 0 spiro atoms. The lowest BCUT2D eigenvalue weighted by Crippen LogP contribution is -2.42. The maximum atomic E-state index is 2.37. The van der Waals surface area contributed by atoms with E-state index in [2.05, 4.69) is 30.3 Å². The molecule has 86 valence electrons. The Balaban J connectivity index is 1.87. The highest BCUT2D eigenvalue weighted by Gasteiger charge is 2.44. The van der Waals surface area contributed by atoms with Gasteiger partial charge in [-0.3, -0.25) is 0 Å². The summed E-state index contributed by atoms with van der Waals surface area (Å²) in [5, 5.41) is 0. The van der Waals surface area contributed by atoms with Crippen LogP contribution in [-0.4, -0.2) is 0 Å². The lowest BCUT2D eigenvalue weighted by Gasteiger charge is -2.50. The van der Waals surface area contributed by atoms with Crippen LogP contribution in [0.4, 0.5) is 0 Å². The fourth-order valence-electron chi connectivity index (χ4n) is 3.92. The summed E-state index contributed by atoms with van der Waals surface area (Å²) in [6.07, 6.45) is 11.7. The zero-order valence-corrected chi connectivity index (χ0v) is 10.1. The zero-order valence-electron chi connectivity index (χ0n) is 10.1. The minimum absolute atomic E-state index is 0.585. The molecular formula is C16H22. The number of rotatable bonds is 2. The van der Waals surface area contributed by atoms with Crippen LogP contribution in [0.2, 0.25) is 0 Å². The fraction of sp³-hybridized carbons (Fsp3) is 0.625. The standard InChI is InChI=1S/C16H22/c1-3-8-14(9-4-1)16(12-7-13-16)15-10-5-2-6-11-15/h1,3-4,8-9,15H,2,5-7,10-13H2. The second-order valence-corrected chi connectivity index (χ2v) is 5.71. The van der Waals surface area contributed by atoms with E-state index < -0.39 is 0 Å². The van der Waals surface area contributed by atoms with Crippen LogP contribution in [0.3, 0.4) is 0 Å². The van der Waals surface area contributed by atoms with Crippen LogP contribution in [0, 0.1) is 5.92 Å². The first-order valence-corrected chi connectivity index (χ1v) is 6.97. The van der Waals surface area contributed by atoms with Crippen LogP contribution >= 0.6 is 0 Å². The van der Waals surface area contributed by atoms with Crippen molar-refractivity contribution in [3.63, 3.8) is 0 Å². The second kappa shape index (κ2) is 4.24. The Kier molecular flexibility index (Phi) is 2.75. The first-order chi connectivity index (χ1) is 7.92. The molecule has 0 atom stereocenters. The van der Waals surface area contributed by atoms with Gasteiger partial charge in [-0.25, -0.2) is 0 Å². The quantitative estimate of drug-likeness (QED) is 0.670. The highest BCUT2D eigenvalue weighted by atomic mass is 14.5. The summed E-state index contributed by atoms with van der Waals surface area (Å²) < 4.78 is 0. The van der Waals surface area contributed by atoms with Crippen molar-refractivity contribution in [2.75, 3.05) is 0 Å². The Morgan fingerprint density at radius 2 is 1.50 bits per heavy atom. The molecule has 0 saturated heterocycles. The third-order valence-electron chi connectivity index (χ3n) is 4.98. The molecule has 0 nitrogen and oxygen atoms in total. The van der Waals surface area contributed by atoms with Crippen molar-refractivity contribution < 1.29 is 0 Å². The smallest absolute Gasteiger partial charge is 0.00187 e. The number of hydrogen-bond acceptors (Lipinski definition) is 0. The predicted molar refractivity (Wildman–Crippen MR) is 68.5 cm³/mol. The third-order valence-corrected chi connectivity index (χ3v) is 4.98. The molecule has 0 amide bonds. The van der Waals surface area contributed by atoms with Crippen LogP contribution in [-0.2, 0) is 5.41 Å². The molecule has 1 aromatic rings. The average Bonchev–Trinajstić information content (AvgIpc) is 2.31. The van der Waals surface area contributed by atoms with E-state index in [1.807, 2.05) is 0 Å². The molecule has 0 heterocycles. The lowest BCUT2D eigenvalue weighted by atomic mass is 9.54. The van der Waals surface area contributed by atoms with Crippen LogP contribution in [0.25, 0.3) is 0 Å². The summed E-state index contributed by atoms with van der Waals surface area (Å²) >= 11 is 0. The fourth-order valence-corrected chi connectivity index (χ4v) is 3.92. The third kappa shape index (κ3) is 1.59. The van der Waals surface area contributed by atoms with E-state index in [-0.39, 0.29) is 0 Å². The van der Waals surface area contributed by atoms with E-state index >= 15 is 0 Å². The molecule has 2 aliphatic rings. The Labute approximate surface area is 99.1 Å². The Morgan fingerprint density at radius 3 is 2.06 bits per heavy atom. The van der Waals surface area contributed by atoms with Gasteiger partial charge in [0.1, 0.15) is 0 Å². The summed E-state index contributed by atoms with van der Waals surface area (Å²) in [4.78, 5) is 0. The van der Waals surface area contributed by atoms with Gasteiger partial charge in [0.15, 0.2) is 0 Å². The van der Waals surface area contributed by atoms with Crippen molar-refractivity contribution in [1.82, 2.24) is 0 Å². The second-order valence-electron chi connectivity index (χ2n) is 5.71. The first kappa shape index (κ1) is 10.4. The van der Waals surface area contributed by atoms with Crippen LogP contribution in [0.5, 0.6) is 0 Å². The van der Waals surface area contributed by atoms with Crippen molar-refractivity contribution in [2.45, 2.75) is 56.8 Å². The van der Waals surface area contributed by atoms with Crippen molar-refractivity contribution in [3.8, 4) is 0 Å². The first-order valence-electron chi connectivity index (χ1n) is 6.97. The SMILES string of the molecule is c1ccc(C2(C3CCCCC3)CCC2)cc1. The molecule has 3 rings (SSSR count). The van der Waals surface area contributed by atoms with Gasteiger partial charge in [0.2, 0.25) is 0 Å². The van der Waals surface area contributed by atoms with Gasteiger partial charge in [-0.05, 0) is 42.6 Å². The molecule has 2 aliphatic carbocycles. The van der Waals surface area contributed by atoms with E-state index in [9.17, 15) is 0 Å². The molecule has 16 heavy (non-hydrogen) atoms. The van der Waals surface area contributed by atoms with Crippen molar-refractivity contribution in [2.24, 2.45) is 5.92 Å². The van der Waals surface area contributed by atoms with E-state index in [4.69, 9.17) is 0 Å². The largest absolute Gasteiger partial charge is 0.0622 e. The molecule has 0 unspecified atom stereocenters.